The largest absolute Gasteiger partial charge is 0.493 e. The van der Waals surface area contributed by atoms with E-state index in [2.05, 4.69) is 20.4 Å². The predicted molar refractivity (Wildman–Crippen MR) is 131 cm³/mol. The summed E-state index contributed by atoms with van der Waals surface area (Å²) < 4.78 is 16.8. The third-order valence-electron chi connectivity index (χ3n) is 5.31. The van der Waals surface area contributed by atoms with Gasteiger partial charge in [0.2, 0.25) is 11.7 Å². The zero-order chi connectivity index (χ0) is 24.8. The molecule has 2 heterocycles. The van der Waals surface area contributed by atoms with Gasteiger partial charge in [0.1, 0.15) is 12.6 Å². The molecule has 1 unspecified atom stereocenters. The molecule has 0 aliphatic heterocycles. The number of nitrogens with one attached hydrogen (secondary N) is 1. The summed E-state index contributed by atoms with van der Waals surface area (Å²) in [6, 6.07) is 15.6. The van der Waals surface area contributed by atoms with Crippen molar-refractivity contribution < 1.29 is 18.8 Å². The standard InChI is InChI=1S/C26H25ClN4O4/c1-16(2)23(26-30-24(31-35-26)19-5-4-12-28-14-19)29-25(32)18-8-11-21(22(13-18)33-3)34-15-17-6-9-20(27)10-7-17/h4-14,16,23H,15H2,1-3H3,(H,29,32). The minimum atomic E-state index is -0.479. The van der Waals surface area contributed by atoms with E-state index in [9.17, 15) is 4.79 Å². The van der Waals surface area contributed by atoms with Crippen LogP contribution < -0.4 is 14.8 Å². The topological polar surface area (TPSA) is 99.4 Å². The smallest absolute Gasteiger partial charge is 0.252 e. The van der Waals surface area contributed by atoms with Gasteiger partial charge in [-0.05, 0) is 53.9 Å². The number of halogens is 1. The molecule has 0 saturated heterocycles. The first-order chi connectivity index (χ1) is 16.9. The number of carbonyl (C=O) groups is 1. The van der Waals surface area contributed by atoms with Gasteiger partial charge in [0.25, 0.3) is 5.91 Å². The fourth-order valence-corrected chi connectivity index (χ4v) is 3.51. The number of carbonyl (C=O) groups excluding carboxylic acids is 1. The molecule has 1 amide bonds. The Morgan fingerprint density at radius 2 is 1.91 bits per heavy atom. The summed E-state index contributed by atoms with van der Waals surface area (Å²) in [6.07, 6.45) is 3.32. The van der Waals surface area contributed by atoms with Crippen molar-refractivity contribution in [1.29, 1.82) is 0 Å². The molecule has 1 N–H and O–H groups in total. The maximum Gasteiger partial charge on any atom is 0.252 e. The summed E-state index contributed by atoms with van der Waals surface area (Å²) in [7, 11) is 1.53. The van der Waals surface area contributed by atoms with Crippen molar-refractivity contribution >= 4 is 17.5 Å². The fourth-order valence-electron chi connectivity index (χ4n) is 3.38. The van der Waals surface area contributed by atoms with Gasteiger partial charge in [-0.2, -0.15) is 4.98 Å². The highest BCUT2D eigenvalue weighted by atomic mass is 35.5. The summed E-state index contributed by atoms with van der Waals surface area (Å²) in [5.41, 5.74) is 2.11. The molecule has 4 rings (SSSR count). The lowest BCUT2D eigenvalue weighted by atomic mass is 10.0. The maximum absolute atomic E-state index is 13.1. The molecular weight excluding hydrogens is 468 g/mol. The van der Waals surface area contributed by atoms with E-state index in [-0.39, 0.29) is 11.8 Å². The summed E-state index contributed by atoms with van der Waals surface area (Å²) in [6.45, 7) is 4.27. The van der Waals surface area contributed by atoms with Crippen LogP contribution in [0.3, 0.4) is 0 Å². The molecule has 8 nitrogen and oxygen atoms in total. The number of methoxy groups -OCH3 is 1. The Bertz CT molecular complexity index is 1280. The maximum atomic E-state index is 13.1. The molecular formula is C26H25ClN4O4. The highest BCUT2D eigenvalue weighted by Gasteiger charge is 2.26. The van der Waals surface area contributed by atoms with Crippen LogP contribution in [-0.4, -0.2) is 28.1 Å². The van der Waals surface area contributed by atoms with Crippen LogP contribution in [0.5, 0.6) is 11.5 Å². The van der Waals surface area contributed by atoms with Crippen LogP contribution in [0.4, 0.5) is 0 Å². The van der Waals surface area contributed by atoms with Gasteiger partial charge in [0.15, 0.2) is 11.5 Å². The second kappa shape index (κ2) is 11.0. The minimum absolute atomic E-state index is 0.00465. The molecule has 4 aromatic rings. The number of benzene rings is 2. The second-order valence-electron chi connectivity index (χ2n) is 8.17. The van der Waals surface area contributed by atoms with E-state index in [1.54, 1.807) is 48.8 Å². The van der Waals surface area contributed by atoms with Crippen LogP contribution in [0.1, 0.15) is 41.7 Å². The molecule has 0 bridgehead atoms. The van der Waals surface area contributed by atoms with Crippen molar-refractivity contribution in [3.05, 3.63) is 89.0 Å². The van der Waals surface area contributed by atoms with E-state index in [0.717, 1.165) is 11.1 Å². The molecule has 9 heteroatoms. The third-order valence-corrected chi connectivity index (χ3v) is 5.57. The van der Waals surface area contributed by atoms with Crippen molar-refractivity contribution in [1.82, 2.24) is 20.4 Å². The van der Waals surface area contributed by atoms with Gasteiger partial charge in [0, 0.05) is 28.5 Å². The monoisotopic (exact) mass is 492 g/mol. The van der Waals surface area contributed by atoms with E-state index in [0.29, 0.717) is 40.4 Å². The summed E-state index contributed by atoms with van der Waals surface area (Å²) in [5.74, 6) is 1.41. The molecule has 1 atom stereocenters. The average Bonchev–Trinajstić information content (AvgIpc) is 3.37. The lowest BCUT2D eigenvalue weighted by Gasteiger charge is -2.19. The number of nitrogens with zero attached hydrogens (tertiary/aromatic N) is 3. The van der Waals surface area contributed by atoms with Crippen LogP contribution in [-0.2, 0) is 6.61 Å². The van der Waals surface area contributed by atoms with E-state index in [1.165, 1.54) is 7.11 Å². The Balaban J connectivity index is 1.47. The van der Waals surface area contributed by atoms with Gasteiger partial charge in [-0.1, -0.05) is 42.7 Å². The lowest BCUT2D eigenvalue weighted by Crippen LogP contribution is -2.32. The molecule has 0 aliphatic rings. The Morgan fingerprint density at radius 3 is 2.60 bits per heavy atom. The summed E-state index contributed by atoms with van der Waals surface area (Å²) >= 11 is 5.93. The number of ether oxygens (including phenoxy) is 2. The van der Waals surface area contributed by atoms with Crippen molar-refractivity contribution in [2.24, 2.45) is 5.92 Å². The normalized spacial score (nSPS) is 11.8. The minimum Gasteiger partial charge on any atom is -0.493 e. The molecule has 35 heavy (non-hydrogen) atoms. The molecule has 0 spiro atoms. The van der Waals surface area contributed by atoms with Gasteiger partial charge in [-0.25, -0.2) is 0 Å². The summed E-state index contributed by atoms with van der Waals surface area (Å²) in [4.78, 5) is 21.6. The van der Waals surface area contributed by atoms with Crippen LogP contribution in [0.25, 0.3) is 11.4 Å². The number of amides is 1. The molecule has 2 aromatic carbocycles. The SMILES string of the molecule is COc1cc(C(=O)NC(c2nc(-c3cccnc3)no2)C(C)C)ccc1OCc1ccc(Cl)cc1. The molecule has 0 fully saturated rings. The molecule has 180 valence electrons. The van der Waals surface area contributed by atoms with E-state index in [1.807, 2.05) is 32.0 Å². The number of hydrogen-bond donors (Lipinski definition) is 1. The van der Waals surface area contributed by atoms with Crippen molar-refractivity contribution in [3.8, 4) is 22.9 Å². The first-order valence-corrected chi connectivity index (χ1v) is 11.4. The fraction of sp³-hybridized carbons (Fsp3) is 0.231. The van der Waals surface area contributed by atoms with E-state index in [4.69, 9.17) is 25.6 Å². The molecule has 0 saturated carbocycles. The van der Waals surface area contributed by atoms with Crippen LogP contribution in [0, 0.1) is 5.92 Å². The highest BCUT2D eigenvalue weighted by molar-refractivity contribution is 6.30. The van der Waals surface area contributed by atoms with Gasteiger partial charge >= 0.3 is 0 Å². The number of pyridine rings is 1. The van der Waals surface area contributed by atoms with E-state index < -0.39 is 6.04 Å². The zero-order valence-electron chi connectivity index (χ0n) is 19.6. The van der Waals surface area contributed by atoms with Gasteiger partial charge in [-0.15, -0.1) is 0 Å². The van der Waals surface area contributed by atoms with Gasteiger partial charge in [-0.3, -0.25) is 9.78 Å². The third kappa shape index (κ3) is 5.96. The zero-order valence-corrected chi connectivity index (χ0v) is 20.3. The Morgan fingerprint density at radius 1 is 1.11 bits per heavy atom. The first kappa shape index (κ1) is 24.2. The van der Waals surface area contributed by atoms with Crippen molar-refractivity contribution in [3.63, 3.8) is 0 Å². The Kier molecular flexibility index (Phi) is 7.62. The Hall–Kier alpha value is -3.91. The molecule has 2 aromatic heterocycles. The van der Waals surface area contributed by atoms with Gasteiger partial charge < -0.3 is 19.3 Å². The van der Waals surface area contributed by atoms with Crippen molar-refractivity contribution in [2.45, 2.75) is 26.5 Å². The van der Waals surface area contributed by atoms with Gasteiger partial charge in [0.05, 0.1) is 7.11 Å². The van der Waals surface area contributed by atoms with Crippen molar-refractivity contribution in [2.75, 3.05) is 7.11 Å². The highest BCUT2D eigenvalue weighted by Crippen LogP contribution is 2.30. The second-order valence-corrected chi connectivity index (χ2v) is 8.61. The lowest BCUT2D eigenvalue weighted by molar-refractivity contribution is 0.0913. The average molecular weight is 493 g/mol. The predicted octanol–water partition coefficient (Wildman–Crippen LogP) is 5.50. The van der Waals surface area contributed by atoms with Crippen LogP contribution in [0.15, 0.2) is 71.5 Å². The van der Waals surface area contributed by atoms with Crippen LogP contribution >= 0.6 is 11.6 Å². The Labute approximate surface area is 208 Å². The summed E-state index contributed by atoms with van der Waals surface area (Å²) in [5, 5.41) is 7.69. The first-order valence-electron chi connectivity index (χ1n) is 11.0. The van der Waals surface area contributed by atoms with Crippen LogP contribution in [0.2, 0.25) is 5.02 Å². The quantitative estimate of drug-likeness (QED) is 0.329. The molecule has 0 aliphatic carbocycles. The number of rotatable bonds is 9. The number of aromatic nitrogens is 3. The van der Waals surface area contributed by atoms with E-state index >= 15 is 0 Å². The molecule has 0 radical (unpaired) electrons. The number of hydrogen-bond acceptors (Lipinski definition) is 7.